The molecule has 0 aliphatic carbocycles. The largest absolute Gasteiger partial charge is 0.351 e. The number of nitrogens with one attached hydrogen (secondary N) is 1. The Hall–Kier alpha value is -1.90. The van der Waals surface area contributed by atoms with Crippen molar-refractivity contribution in [3.05, 3.63) is 92.9 Å². The summed E-state index contributed by atoms with van der Waals surface area (Å²) >= 11 is 19.8. The number of thioether (sulfide) groups is 1. The first-order valence-corrected chi connectivity index (χ1v) is 13.6. The van der Waals surface area contributed by atoms with Gasteiger partial charge in [0.15, 0.2) is 0 Å². The second-order valence-electron chi connectivity index (χ2n) is 6.98. The SMILES string of the molecule is CN(c1ccc(C(=O)NCCSCc2c(Cl)cccc2Cl)cc1)S(=O)(=O)c1ccc(Cl)cc1. The Morgan fingerprint density at radius 2 is 1.55 bits per heavy atom. The third-order valence-electron chi connectivity index (χ3n) is 4.81. The van der Waals surface area contributed by atoms with E-state index in [0.717, 1.165) is 9.87 Å². The number of sulfonamides is 1. The van der Waals surface area contributed by atoms with Crippen LogP contribution in [0.3, 0.4) is 0 Å². The maximum atomic E-state index is 12.8. The van der Waals surface area contributed by atoms with Gasteiger partial charge in [-0.3, -0.25) is 9.10 Å². The van der Waals surface area contributed by atoms with Gasteiger partial charge in [-0.2, -0.15) is 11.8 Å². The third kappa shape index (κ3) is 6.58. The van der Waals surface area contributed by atoms with Crippen LogP contribution in [0.5, 0.6) is 0 Å². The van der Waals surface area contributed by atoms with Gasteiger partial charge < -0.3 is 5.32 Å². The first-order valence-electron chi connectivity index (χ1n) is 9.83. The number of halogens is 3. The van der Waals surface area contributed by atoms with Crippen LogP contribution in [0.2, 0.25) is 15.1 Å². The van der Waals surface area contributed by atoms with Gasteiger partial charge in [0.05, 0.1) is 10.6 Å². The lowest BCUT2D eigenvalue weighted by Crippen LogP contribution is -2.27. The van der Waals surface area contributed by atoms with E-state index >= 15 is 0 Å². The van der Waals surface area contributed by atoms with Crippen molar-refractivity contribution in [1.82, 2.24) is 5.32 Å². The van der Waals surface area contributed by atoms with Crippen molar-refractivity contribution >= 4 is 68.2 Å². The summed E-state index contributed by atoms with van der Waals surface area (Å²) in [7, 11) is -2.28. The molecule has 174 valence electrons. The van der Waals surface area contributed by atoms with Crippen molar-refractivity contribution < 1.29 is 13.2 Å². The minimum atomic E-state index is -3.74. The molecule has 33 heavy (non-hydrogen) atoms. The van der Waals surface area contributed by atoms with Gasteiger partial charge in [-0.15, -0.1) is 0 Å². The van der Waals surface area contributed by atoms with Gasteiger partial charge in [-0.25, -0.2) is 8.42 Å². The van der Waals surface area contributed by atoms with Crippen molar-refractivity contribution in [3.8, 4) is 0 Å². The van der Waals surface area contributed by atoms with E-state index in [9.17, 15) is 13.2 Å². The fourth-order valence-corrected chi connectivity index (χ4v) is 5.83. The number of hydrogen-bond donors (Lipinski definition) is 1. The topological polar surface area (TPSA) is 66.5 Å². The predicted molar refractivity (Wildman–Crippen MR) is 138 cm³/mol. The lowest BCUT2D eigenvalue weighted by molar-refractivity contribution is 0.0956. The molecular formula is C23H21Cl3N2O3S2. The second kappa shape index (κ2) is 11.5. The van der Waals surface area contributed by atoms with Crippen LogP contribution in [0.4, 0.5) is 5.69 Å². The van der Waals surface area contributed by atoms with Gasteiger partial charge in [-0.1, -0.05) is 40.9 Å². The fraction of sp³-hybridized carbons (Fsp3) is 0.174. The molecule has 0 bridgehead atoms. The van der Waals surface area contributed by atoms with Gasteiger partial charge in [-0.05, 0) is 66.2 Å². The highest BCUT2D eigenvalue weighted by atomic mass is 35.5. The van der Waals surface area contributed by atoms with E-state index in [-0.39, 0.29) is 10.8 Å². The summed E-state index contributed by atoms with van der Waals surface area (Å²) in [6.07, 6.45) is 0. The molecule has 3 aromatic carbocycles. The number of nitrogens with zero attached hydrogens (tertiary/aromatic N) is 1. The predicted octanol–water partition coefficient (Wildman–Crippen LogP) is 6.14. The molecule has 0 aliphatic heterocycles. The van der Waals surface area contributed by atoms with Gasteiger partial charge in [0.1, 0.15) is 0 Å². The lowest BCUT2D eigenvalue weighted by Gasteiger charge is -2.19. The normalized spacial score (nSPS) is 11.3. The highest BCUT2D eigenvalue weighted by Crippen LogP contribution is 2.28. The van der Waals surface area contributed by atoms with Crippen molar-refractivity contribution in [3.63, 3.8) is 0 Å². The molecule has 0 saturated heterocycles. The minimum absolute atomic E-state index is 0.131. The van der Waals surface area contributed by atoms with E-state index in [4.69, 9.17) is 34.8 Å². The number of carbonyl (C=O) groups excluding carboxylic acids is 1. The van der Waals surface area contributed by atoms with Crippen LogP contribution in [0.25, 0.3) is 0 Å². The Morgan fingerprint density at radius 3 is 2.15 bits per heavy atom. The lowest BCUT2D eigenvalue weighted by atomic mass is 10.2. The molecule has 1 amide bonds. The average molecular weight is 544 g/mol. The molecule has 0 spiro atoms. The summed E-state index contributed by atoms with van der Waals surface area (Å²) in [5.41, 5.74) is 1.76. The molecule has 0 saturated carbocycles. The summed E-state index contributed by atoms with van der Waals surface area (Å²) in [6.45, 7) is 0.470. The summed E-state index contributed by atoms with van der Waals surface area (Å²) in [5.74, 6) is 1.10. The van der Waals surface area contributed by atoms with Crippen LogP contribution in [0, 0.1) is 0 Å². The maximum absolute atomic E-state index is 12.8. The van der Waals surface area contributed by atoms with Gasteiger partial charge in [0.2, 0.25) is 0 Å². The van der Waals surface area contributed by atoms with E-state index < -0.39 is 10.0 Å². The number of benzene rings is 3. The van der Waals surface area contributed by atoms with Crippen molar-refractivity contribution in [1.29, 1.82) is 0 Å². The van der Waals surface area contributed by atoms with Gasteiger partial charge in [0, 0.05) is 45.7 Å². The molecule has 0 heterocycles. The Kier molecular flexibility index (Phi) is 8.95. The fourth-order valence-electron chi connectivity index (χ4n) is 2.91. The quantitative estimate of drug-likeness (QED) is 0.330. The molecule has 10 heteroatoms. The van der Waals surface area contributed by atoms with E-state index in [1.807, 2.05) is 0 Å². The molecule has 0 unspecified atom stereocenters. The van der Waals surface area contributed by atoms with Gasteiger partial charge in [0.25, 0.3) is 15.9 Å². The van der Waals surface area contributed by atoms with Crippen molar-refractivity contribution in [2.75, 3.05) is 23.7 Å². The van der Waals surface area contributed by atoms with Crippen molar-refractivity contribution in [2.45, 2.75) is 10.6 Å². The molecule has 1 N–H and O–H groups in total. The van der Waals surface area contributed by atoms with E-state index in [0.29, 0.717) is 44.4 Å². The Labute approximate surface area is 213 Å². The molecule has 3 aromatic rings. The summed E-state index contributed by atoms with van der Waals surface area (Å²) in [6, 6.07) is 17.7. The van der Waals surface area contributed by atoms with Gasteiger partial charge >= 0.3 is 0 Å². The highest BCUT2D eigenvalue weighted by molar-refractivity contribution is 7.98. The molecular weight excluding hydrogens is 523 g/mol. The smallest absolute Gasteiger partial charge is 0.264 e. The zero-order chi connectivity index (χ0) is 24.0. The molecule has 0 aliphatic rings. The first-order chi connectivity index (χ1) is 15.7. The minimum Gasteiger partial charge on any atom is -0.351 e. The zero-order valence-corrected chi connectivity index (χ0v) is 21.5. The molecule has 0 fully saturated rings. The van der Waals surface area contributed by atoms with E-state index in [2.05, 4.69) is 5.32 Å². The average Bonchev–Trinajstić information content (AvgIpc) is 2.80. The van der Waals surface area contributed by atoms with Crippen molar-refractivity contribution in [2.24, 2.45) is 0 Å². The van der Waals surface area contributed by atoms with E-state index in [1.54, 1.807) is 54.2 Å². The zero-order valence-electron chi connectivity index (χ0n) is 17.6. The molecule has 3 rings (SSSR count). The summed E-state index contributed by atoms with van der Waals surface area (Å²) in [4.78, 5) is 12.5. The number of hydrogen-bond acceptors (Lipinski definition) is 4. The standard InChI is InChI=1S/C23H21Cl3N2O3S2/c1-28(33(30,31)19-11-7-17(24)8-12-19)18-9-5-16(6-10-18)23(29)27-13-14-32-15-20-21(25)3-2-4-22(20)26/h2-12H,13-15H2,1H3,(H,27,29). The maximum Gasteiger partial charge on any atom is 0.264 e. The van der Waals surface area contributed by atoms with Crippen LogP contribution in [-0.4, -0.2) is 33.7 Å². The highest BCUT2D eigenvalue weighted by Gasteiger charge is 2.21. The number of rotatable bonds is 9. The van der Waals surface area contributed by atoms with Crippen LogP contribution in [0.1, 0.15) is 15.9 Å². The number of anilines is 1. The van der Waals surface area contributed by atoms with Crippen LogP contribution < -0.4 is 9.62 Å². The van der Waals surface area contributed by atoms with Crippen LogP contribution in [-0.2, 0) is 15.8 Å². The third-order valence-corrected chi connectivity index (χ3v) is 8.55. The molecule has 5 nitrogen and oxygen atoms in total. The Bertz CT molecular complexity index is 1200. The Morgan fingerprint density at radius 1 is 0.939 bits per heavy atom. The first kappa shape index (κ1) is 25.7. The summed E-state index contributed by atoms with van der Waals surface area (Å²) < 4.78 is 26.8. The number of carbonyl (C=O) groups is 1. The van der Waals surface area contributed by atoms with Crippen LogP contribution >= 0.6 is 46.6 Å². The Balaban J connectivity index is 1.53. The molecule has 0 radical (unpaired) electrons. The second-order valence-corrected chi connectivity index (χ2v) is 11.3. The molecule has 0 aromatic heterocycles. The molecule has 0 atom stereocenters. The summed E-state index contributed by atoms with van der Waals surface area (Å²) in [5, 5.41) is 4.56. The van der Waals surface area contributed by atoms with Crippen LogP contribution in [0.15, 0.2) is 71.6 Å². The van der Waals surface area contributed by atoms with E-state index in [1.165, 1.54) is 31.3 Å². The number of amides is 1. The monoisotopic (exact) mass is 542 g/mol.